The molecule has 1 heterocycles. The normalized spacial score (nSPS) is 14.6. The number of aldehydes is 1. The van der Waals surface area contributed by atoms with Crippen molar-refractivity contribution < 1.29 is 14.7 Å². The molecular formula is C19H15NO3. The summed E-state index contributed by atoms with van der Waals surface area (Å²) in [5.41, 5.74) is 3.61. The van der Waals surface area contributed by atoms with Crippen LogP contribution in [-0.2, 0) is 0 Å². The van der Waals surface area contributed by atoms with Crippen molar-refractivity contribution in [1.29, 1.82) is 0 Å². The minimum absolute atomic E-state index is 0.177. The molecule has 0 fully saturated rings. The van der Waals surface area contributed by atoms with Gasteiger partial charge in [0.2, 0.25) is 0 Å². The summed E-state index contributed by atoms with van der Waals surface area (Å²) in [6, 6.07) is 11.9. The lowest BCUT2D eigenvalue weighted by molar-refractivity contribution is 0.101. The van der Waals surface area contributed by atoms with Gasteiger partial charge in [-0.15, -0.1) is 6.58 Å². The first-order valence-electron chi connectivity index (χ1n) is 7.10. The van der Waals surface area contributed by atoms with Crippen molar-refractivity contribution in [3.63, 3.8) is 0 Å². The molecule has 0 radical (unpaired) electrons. The van der Waals surface area contributed by atoms with Gasteiger partial charge in [-0.3, -0.25) is 14.5 Å². The maximum Gasteiger partial charge on any atom is 0.263 e. The van der Waals surface area contributed by atoms with Gasteiger partial charge < -0.3 is 5.11 Å². The molecule has 0 spiro atoms. The standard InChI is InChI=1S/C19H15NO3/c1-3-18(22)14-6-9-16-17(10-14)12(2)20(19(16)23)15-7-4-13(11-21)5-8-15/h3-11,18,22H,1-2H2. The number of aliphatic hydroxyl groups excluding tert-OH is 1. The molecule has 0 aromatic heterocycles. The maximum absolute atomic E-state index is 12.6. The number of carbonyl (C=O) groups excluding carboxylic acids is 2. The summed E-state index contributed by atoms with van der Waals surface area (Å²) in [5.74, 6) is -0.177. The van der Waals surface area contributed by atoms with Crippen LogP contribution in [0.3, 0.4) is 0 Å². The molecule has 0 saturated heterocycles. The molecule has 4 nitrogen and oxygen atoms in total. The lowest BCUT2D eigenvalue weighted by Crippen LogP contribution is -2.21. The van der Waals surface area contributed by atoms with E-state index in [2.05, 4.69) is 13.2 Å². The second kappa shape index (κ2) is 5.66. The summed E-state index contributed by atoms with van der Waals surface area (Å²) in [5, 5.41) is 9.87. The third-order valence-electron chi connectivity index (χ3n) is 3.91. The van der Waals surface area contributed by atoms with Gasteiger partial charge >= 0.3 is 0 Å². The molecule has 1 unspecified atom stereocenters. The Hall–Kier alpha value is -2.98. The molecule has 1 aliphatic heterocycles. The summed E-state index contributed by atoms with van der Waals surface area (Å²) >= 11 is 0. The lowest BCUT2D eigenvalue weighted by Gasteiger charge is -2.17. The number of nitrogens with zero attached hydrogens (tertiary/aromatic N) is 1. The number of benzene rings is 2. The molecule has 23 heavy (non-hydrogen) atoms. The van der Waals surface area contributed by atoms with Crippen molar-refractivity contribution in [2.45, 2.75) is 6.10 Å². The zero-order valence-electron chi connectivity index (χ0n) is 12.4. The summed E-state index contributed by atoms with van der Waals surface area (Å²) in [6.45, 7) is 7.57. The molecule has 4 heteroatoms. The zero-order valence-corrected chi connectivity index (χ0v) is 12.4. The van der Waals surface area contributed by atoms with E-state index in [9.17, 15) is 14.7 Å². The van der Waals surface area contributed by atoms with Crippen molar-refractivity contribution in [3.8, 4) is 0 Å². The van der Waals surface area contributed by atoms with Crippen LogP contribution in [0.1, 0.15) is 37.9 Å². The van der Waals surface area contributed by atoms with Crippen molar-refractivity contribution in [1.82, 2.24) is 0 Å². The number of carbonyl (C=O) groups is 2. The van der Waals surface area contributed by atoms with Gasteiger partial charge in [0.05, 0.1) is 11.8 Å². The third-order valence-corrected chi connectivity index (χ3v) is 3.91. The van der Waals surface area contributed by atoms with E-state index in [0.717, 1.165) is 6.29 Å². The van der Waals surface area contributed by atoms with Crippen molar-refractivity contribution in [3.05, 3.63) is 84.0 Å². The van der Waals surface area contributed by atoms with Gasteiger partial charge in [0.15, 0.2) is 0 Å². The first-order chi connectivity index (χ1) is 11.1. The van der Waals surface area contributed by atoms with Gasteiger partial charge in [-0.2, -0.15) is 0 Å². The van der Waals surface area contributed by atoms with Gasteiger partial charge in [-0.1, -0.05) is 18.7 Å². The summed E-state index contributed by atoms with van der Waals surface area (Å²) < 4.78 is 0. The Morgan fingerprint density at radius 3 is 2.39 bits per heavy atom. The number of aliphatic hydroxyl groups is 1. The van der Waals surface area contributed by atoms with Gasteiger partial charge in [-0.05, 0) is 42.0 Å². The first-order valence-corrected chi connectivity index (χ1v) is 7.10. The fourth-order valence-electron chi connectivity index (χ4n) is 2.65. The number of anilines is 1. The topological polar surface area (TPSA) is 57.6 Å². The molecule has 0 saturated carbocycles. The summed E-state index contributed by atoms with van der Waals surface area (Å²) in [7, 11) is 0. The number of amides is 1. The average molecular weight is 305 g/mol. The molecule has 3 rings (SSSR count). The molecule has 2 aromatic rings. The molecule has 1 amide bonds. The van der Waals surface area contributed by atoms with E-state index in [1.165, 1.54) is 11.0 Å². The van der Waals surface area contributed by atoms with Crippen LogP contribution in [-0.4, -0.2) is 17.3 Å². The van der Waals surface area contributed by atoms with Crippen LogP contribution in [0.4, 0.5) is 5.69 Å². The second-order valence-electron chi connectivity index (χ2n) is 5.28. The van der Waals surface area contributed by atoms with Crippen LogP contribution < -0.4 is 4.90 Å². The molecule has 1 atom stereocenters. The quantitative estimate of drug-likeness (QED) is 0.696. The smallest absolute Gasteiger partial charge is 0.263 e. The number of fused-ring (bicyclic) bond motifs is 1. The van der Waals surface area contributed by atoms with Gasteiger partial charge in [0, 0.05) is 22.4 Å². The monoisotopic (exact) mass is 305 g/mol. The molecule has 0 aliphatic carbocycles. The van der Waals surface area contributed by atoms with Crippen LogP contribution in [0.5, 0.6) is 0 Å². The highest BCUT2D eigenvalue weighted by Gasteiger charge is 2.32. The highest BCUT2D eigenvalue weighted by Crippen LogP contribution is 2.37. The van der Waals surface area contributed by atoms with Crippen LogP contribution in [0.25, 0.3) is 5.70 Å². The minimum Gasteiger partial charge on any atom is -0.384 e. The van der Waals surface area contributed by atoms with Gasteiger partial charge in [0.1, 0.15) is 6.29 Å². The highest BCUT2D eigenvalue weighted by molar-refractivity contribution is 6.22. The van der Waals surface area contributed by atoms with E-state index in [1.807, 2.05) is 0 Å². The van der Waals surface area contributed by atoms with E-state index in [-0.39, 0.29) is 5.91 Å². The summed E-state index contributed by atoms with van der Waals surface area (Å²) in [4.78, 5) is 24.9. The number of hydrogen-bond acceptors (Lipinski definition) is 3. The Bertz CT molecular complexity index is 821. The van der Waals surface area contributed by atoms with Crippen molar-refractivity contribution in [2.24, 2.45) is 0 Å². The molecule has 0 bridgehead atoms. The fraction of sp³-hybridized carbons (Fsp3) is 0.0526. The number of hydrogen-bond donors (Lipinski definition) is 1. The molecule has 114 valence electrons. The Kier molecular flexibility index (Phi) is 3.68. The second-order valence-corrected chi connectivity index (χ2v) is 5.28. The van der Waals surface area contributed by atoms with E-state index < -0.39 is 6.10 Å². The van der Waals surface area contributed by atoms with Crippen LogP contribution in [0.15, 0.2) is 61.7 Å². The predicted octanol–water partition coefficient (Wildman–Crippen LogP) is 3.35. The Morgan fingerprint density at radius 2 is 1.78 bits per heavy atom. The lowest BCUT2D eigenvalue weighted by atomic mass is 10.0. The maximum atomic E-state index is 12.6. The Labute approximate surface area is 134 Å². The molecule has 1 N–H and O–H groups in total. The van der Waals surface area contributed by atoms with Crippen molar-refractivity contribution >= 4 is 23.6 Å². The molecular weight excluding hydrogens is 290 g/mol. The van der Waals surface area contributed by atoms with E-state index in [0.29, 0.717) is 33.6 Å². The molecule has 2 aromatic carbocycles. The SMILES string of the molecule is C=CC(O)c1ccc2c(c1)C(=C)N(c1ccc(C=O)cc1)C2=O. The van der Waals surface area contributed by atoms with Gasteiger partial charge in [0.25, 0.3) is 5.91 Å². The fourth-order valence-corrected chi connectivity index (χ4v) is 2.65. The van der Waals surface area contributed by atoms with Crippen molar-refractivity contribution in [2.75, 3.05) is 4.90 Å². The Balaban J connectivity index is 2.02. The van der Waals surface area contributed by atoms with Gasteiger partial charge in [-0.25, -0.2) is 0 Å². The van der Waals surface area contributed by atoms with Crippen LogP contribution >= 0.6 is 0 Å². The predicted molar refractivity (Wildman–Crippen MR) is 89.3 cm³/mol. The van der Waals surface area contributed by atoms with E-state index in [4.69, 9.17) is 0 Å². The highest BCUT2D eigenvalue weighted by atomic mass is 16.3. The van der Waals surface area contributed by atoms with E-state index in [1.54, 1.807) is 42.5 Å². The minimum atomic E-state index is -0.788. The van der Waals surface area contributed by atoms with E-state index >= 15 is 0 Å². The summed E-state index contributed by atoms with van der Waals surface area (Å²) in [6.07, 6.45) is 1.39. The zero-order chi connectivity index (χ0) is 16.6. The van der Waals surface area contributed by atoms with Crippen LogP contribution in [0, 0.1) is 0 Å². The van der Waals surface area contributed by atoms with Crippen LogP contribution in [0.2, 0.25) is 0 Å². The molecule has 1 aliphatic rings. The first kappa shape index (κ1) is 14.9. The average Bonchev–Trinajstić information content (AvgIpc) is 2.85. The largest absolute Gasteiger partial charge is 0.384 e. The Morgan fingerprint density at radius 1 is 1.09 bits per heavy atom. The number of rotatable bonds is 4. The third kappa shape index (κ3) is 2.39.